The highest BCUT2D eigenvalue weighted by molar-refractivity contribution is 6.32. The molecule has 1 aromatic carbocycles. The lowest BCUT2D eigenvalue weighted by Crippen LogP contribution is -2.33. The van der Waals surface area contributed by atoms with E-state index in [1.165, 1.54) is 11.1 Å². The zero-order valence-electron chi connectivity index (χ0n) is 7.59. The maximum absolute atomic E-state index is 5.71. The van der Waals surface area contributed by atoms with Crippen LogP contribution < -0.4 is 10.7 Å². The molecule has 1 atom stereocenters. The van der Waals surface area contributed by atoms with E-state index in [0.29, 0.717) is 6.04 Å². The standard InChI is InChI=1S/C10H11B2N/c11-9-3-1-8-6-10(13-12)4-2-7(8)5-9/h1,3,5,10,13H,2,4,6H2. The van der Waals surface area contributed by atoms with E-state index in [9.17, 15) is 0 Å². The van der Waals surface area contributed by atoms with Crippen LogP contribution in [-0.4, -0.2) is 21.9 Å². The summed E-state index contributed by atoms with van der Waals surface area (Å²) in [5.41, 5.74) is 3.62. The monoisotopic (exact) mass is 167 g/mol. The van der Waals surface area contributed by atoms with Crippen LogP contribution in [0.25, 0.3) is 0 Å². The van der Waals surface area contributed by atoms with E-state index in [2.05, 4.69) is 17.4 Å². The molecule has 1 unspecified atom stereocenters. The first-order chi connectivity index (χ1) is 6.29. The van der Waals surface area contributed by atoms with Gasteiger partial charge in [-0.2, -0.15) is 0 Å². The Labute approximate surface area is 81.8 Å². The van der Waals surface area contributed by atoms with Crippen LogP contribution in [0.15, 0.2) is 18.2 Å². The summed E-state index contributed by atoms with van der Waals surface area (Å²) in [7, 11) is 11.1. The van der Waals surface area contributed by atoms with E-state index in [0.717, 1.165) is 24.7 Å². The Morgan fingerprint density at radius 3 is 2.92 bits per heavy atom. The molecule has 0 spiro atoms. The lowest BCUT2D eigenvalue weighted by Gasteiger charge is -2.24. The van der Waals surface area contributed by atoms with Gasteiger partial charge in [-0.25, -0.2) is 0 Å². The number of rotatable bonds is 1. The van der Waals surface area contributed by atoms with Crippen molar-refractivity contribution < 1.29 is 0 Å². The molecule has 0 saturated heterocycles. The van der Waals surface area contributed by atoms with Crippen molar-refractivity contribution in [2.75, 3.05) is 0 Å². The molecule has 62 valence electrons. The highest BCUT2D eigenvalue weighted by Gasteiger charge is 2.15. The van der Waals surface area contributed by atoms with Crippen molar-refractivity contribution in [3.05, 3.63) is 29.3 Å². The third kappa shape index (κ3) is 1.80. The molecule has 1 aromatic rings. The normalized spacial score (nSPS) is 21.1. The predicted molar refractivity (Wildman–Crippen MR) is 56.5 cm³/mol. The Kier molecular flexibility index (Phi) is 2.45. The van der Waals surface area contributed by atoms with Crippen molar-refractivity contribution in [3.63, 3.8) is 0 Å². The predicted octanol–water partition coefficient (Wildman–Crippen LogP) is 0.0108. The smallest absolute Gasteiger partial charge is 0.178 e. The first kappa shape index (κ1) is 8.89. The molecule has 13 heavy (non-hydrogen) atoms. The molecule has 0 fully saturated rings. The Morgan fingerprint density at radius 1 is 1.31 bits per heavy atom. The van der Waals surface area contributed by atoms with Gasteiger partial charge in [0.25, 0.3) is 0 Å². The van der Waals surface area contributed by atoms with Crippen LogP contribution in [0.4, 0.5) is 0 Å². The maximum Gasteiger partial charge on any atom is 0.178 e. The van der Waals surface area contributed by atoms with Gasteiger partial charge in [0.15, 0.2) is 7.98 Å². The van der Waals surface area contributed by atoms with Gasteiger partial charge >= 0.3 is 0 Å². The minimum atomic E-state index is 0.427. The molecule has 3 heteroatoms. The minimum Gasteiger partial charge on any atom is -0.363 e. The third-order valence-electron chi connectivity index (χ3n) is 2.69. The fourth-order valence-electron chi connectivity index (χ4n) is 1.92. The topological polar surface area (TPSA) is 12.0 Å². The summed E-state index contributed by atoms with van der Waals surface area (Å²) < 4.78 is 0. The first-order valence-electron chi connectivity index (χ1n) is 4.63. The lowest BCUT2D eigenvalue weighted by atomic mass is 9.83. The van der Waals surface area contributed by atoms with Gasteiger partial charge in [0.2, 0.25) is 0 Å². The molecule has 1 aliphatic rings. The molecule has 1 aliphatic carbocycles. The number of fused-ring (bicyclic) bond motifs is 1. The number of nitrogens with one attached hydrogen (secondary N) is 1. The average molecular weight is 167 g/mol. The van der Waals surface area contributed by atoms with Crippen LogP contribution in [0, 0.1) is 0 Å². The van der Waals surface area contributed by atoms with Crippen molar-refractivity contribution in [1.82, 2.24) is 5.23 Å². The number of aryl methyl sites for hydroxylation is 1. The van der Waals surface area contributed by atoms with Gasteiger partial charge in [0.1, 0.15) is 7.85 Å². The largest absolute Gasteiger partial charge is 0.363 e. The number of hydrogen-bond acceptors (Lipinski definition) is 1. The van der Waals surface area contributed by atoms with Crippen molar-refractivity contribution >= 4 is 21.3 Å². The van der Waals surface area contributed by atoms with Crippen LogP contribution in [0.3, 0.4) is 0 Å². The van der Waals surface area contributed by atoms with Gasteiger partial charge in [-0.05, 0) is 30.4 Å². The molecule has 1 N–H and O–H groups in total. The summed E-state index contributed by atoms with van der Waals surface area (Å²) in [6, 6.07) is 6.56. The molecule has 2 rings (SSSR count). The molecule has 0 aliphatic heterocycles. The molecule has 1 nitrogen and oxygen atoms in total. The summed E-state index contributed by atoms with van der Waals surface area (Å²) >= 11 is 0. The first-order valence-corrected chi connectivity index (χ1v) is 4.63. The second kappa shape index (κ2) is 3.59. The fraction of sp³-hybridized carbons (Fsp3) is 0.400. The summed E-state index contributed by atoms with van der Waals surface area (Å²) in [5, 5.41) is 2.83. The molecule has 0 bridgehead atoms. The Hall–Kier alpha value is -0.690. The molecular formula is C10H11B2N. The van der Waals surface area contributed by atoms with Crippen LogP contribution in [0.1, 0.15) is 17.5 Å². The van der Waals surface area contributed by atoms with E-state index in [4.69, 9.17) is 15.8 Å². The van der Waals surface area contributed by atoms with E-state index < -0.39 is 0 Å². The summed E-state index contributed by atoms with van der Waals surface area (Å²) in [6.07, 6.45) is 3.20. The zero-order chi connectivity index (χ0) is 9.26. The Balaban J connectivity index is 2.26. The highest BCUT2D eigenvalue weighted by Crippen LogP contribution is 2.19. The van der Waals surface area contributed by atoms with Gasteiger partial charge in [0.05, 0.1) is 0 Å². The highest BCUT2D eigenvalue weighted by atomic mass is 14.8. The minimum absolute atomic E-state index is 0.427. The van der Waals surface area contributed by atoms with E-state index in [1.54, 1.807) is 0 Å². The summed E-state index contributed by atoms with van der Waals surface area (Å²) in [4.78, 5) is 0. The van der Waals surface area contributed by atoms with E-state index in [-0.39, 0.29) is 0 Å². The average Bonchev–Trinajstić information content (AvgIpc) is 2.17. The lowest BCUT2D eigenvalue weighted by molar-refractivity contribution is 0.541. The number of benzene rings is 1. The van der Waals surface area contributed by atoms with Crippen LogP contribution >= 0.6 is 0 Å². The van der Waals surface area contributed by atoms with Crippen molar-refractivity contribution in [3.8, 4) is 0 Å². The maximum atomic E-state index is 5.71. The summed E-state index contributed by atoms with van der Waals surface area (Å²) in [6.45, 7) is 0. The molecular weight excluding hydrogens is 156 g/mol. The van der Waals surface area contributed by atoms with Crippen molar-refractivity contribution in [2.24, 2.45) is 0 Å². The van der Waals surface area contributed by atoms with Gasteiger partial charge < -0.3 is 5.23 Å². The SMILES string of the molecule is [B]NC1CCc2cc([B])ccc2C1. The van der Waals surface area contributed by atoms with Gasteiger partial charge in [0, 0.05) is 6.04 Å². The van der Waals surface area contributed by atoms with E-state index >= 15 is 0 Å². The fourth-order valence-corrected chi connectivity index (χ4v) is 1.92. The molecule has 0 saturated carbocycles. The summed E-state index contributed by atoms with van der Waals surface area (Å²) in [5.74, 6) is 0. The zero-order valence-corrected chi connectivity index (χ0v) is 7.59. The van der Waals surface area contributed by atoms with Crippen LogP contribution in [0.5, 0.6) is 0 Å². The van der Waals surface area contributed by atoms with Crippen molar-refractivity contribution in [2.45, 2.75) is 25.3 Å². The molecule has 0 heterocycles. The Bertz CT molecular complexity index is 312. The van der Waals surface area contributed by atoms with Gasteiger partial charge in [-0.3, -0.25) is 0 Å². The van der Waals surface area contributed by atoms with Crippen LogP contribution in [-0.2, 0) is 12.8 Å². The molecule has 0 aromatic heterocycles. The quantitative estimate of drug-likeness (QED) is 0.580. The third-order valence-corrected chi connectivity index (χ3v) is 2.69. The second-order valence-electron chi connectivity index (χ2n) is 3.63. The second-order valence-corrected chi connectivity index (χ2v) is 3.63. The number of hydrogen-bond donors (Lipinski definition) is 1. The van der Waals surface area contributed by atoms with Crippen molar-refractivity contribution in [1.29, 1.82) is 0 Å². The Morgan fingerprint density at radius 2 is 2.15 bits per heavy atom. The molecule has 0 amide bonds. The molecule has 4 radical (unpaired) electrons. The van der Waals surface area contributed by atoms with E-state index in [1.807, 2.05) is 6.07 Å². The van der Waals surface area contributed by atoms with Gasteiger partial charge in [-0.1, -0.05) is 23.7 Å². The van der Waals surface area contributed by atoms with Gasteiger partial charge in [-0.15, -0.1) is 0 Å². The van der Waals surface area contributed by atoms with Crippen LogP contribution in [0.2, 0.25) is 0 Å².